The quantitative estimate of drug-likeness (QED) is 0.0826. The Morgan fingerprint density at radius 3 is 1.36 bits per heavy atom. The molecule has 7 heterocycles. The summed E-state index contributed by atoms with van der Waals surface area (Å²) in [6, 6.07) is 0. The summed E-state index contributed by atoms with van der Waals surface area (Å²) < 4.78 is 14.3. The van der Waals surface area contributed by atoms with Gasteiger partial charge in [0.05, 0.1) is 12.7 Å². The number of rotatable bonds is 0. The van der Waals surface area contributed by atoms with Gasteiger partial charge in [-0.05, 0) is 12.8 Å². The molecule has 3 aliphatic rings. The van der Waals surface area contributed by atoms with Gasteiger partial charge in [0.15, 0.2) is 58.6 Å². The number of carbonyl (C=O) groups excluding carboxylic acids is 2. The highest BCUT2D eigenvalue weighted by atomic mass is 16.6. The van der Waals surface area contributed by atoms with Gasteiger partial charge in [0.2, 0.25) is 0 Å². The van der Waals surface area contributed by atoms with E-state index in [9.17, 15) is 40.2 Å². The van der Waals surface area contributed by atoms with E-state index in [1.807, 2.05) is 0 Å². The van der Waals surface area contributed by atoms with Gasteiger partial charge >= 0.3 is 0 Å². The van der Waals surface area contributed by atoms with E-state index in [0.717, 1.165) is 0 Å². The highest BCUT2D eigenvalue weighted by Crippen LogP contribution is 2.33. The zero-order chi connectivity index (χ0) is 35.1. The Bertz CT molecular complexity index is 1730. The average Bonchev–Trinajstić information content (AvgIpc) is 3.75. The van der Waals surface area contributed by atoms with Gasteiger partial charge in [-0.3, -0.25) is 18.7 Å². The Balaban J connectivity index is 1.16. The molecule has 268 valence electrons. The normalized spacial score (nSPS) is 33.1. The van der Waals surface area contributed by atoms with Crippen molar-refractivity contribution < 1.29 is 49.7 Å². The minimum absolute atomic E-state index is 0.0135. The van der Waals surface area contributed by atoms with Gasteiger partial charge in [0, 0.05) is 26.2 Å². The van der Waals surface area contributed by atoms with Gasteiger partial charge < -0.3 is 61.4 Å². The summed E-state index contributed by atoms with van der Waals surface area (Å²) in [6.07, 6.45) is -10.3. The lowest BCUT2D eigenvalue weighted by molar-refractivity contribution is -0.240. The Labute approximate surface area is 281 Å². The van der Waals surface area contributed by atoms with E-state index in [-0.39, 0.29) is 30.8 Å². The van der Waals surface area contributed by atoms with E-state index in [1.165, 1.54) is 34.4 Å². The van der Waals surface area contributed by atoms with Crippen LogP contribution in [0.2, 0.25) is 0 Å². The minimum atomic E-state index is -1.77. The number of aromatic nitrogens is 8. The van der Waals surface area contributed by atoms with Gasteiger partial charge in [-0.15, -0.1) is 0 Å². The smallest absolute Gasteiger partial charge is 0.252 e. The summed E-state index contributed by atoms with van der Waals surface area (Å²) in [5, 5.41) is 75.7. The van der Waals surface area contributed by atoms with Crippen LogP contribution in [0.1, 0.15) is 25.3 Å². The van der Waals surface area contributed by atoms with Crippen molar-refractivity contribution in [1.29, 1.82) is 0 Å². The van der Waals surface area contributed by atoms with E-state index >= 15 is 0 Å². The van der Waals surface area contributed by atoms with Crippen LogP contribution in [0.3, 0.4) is 0 Å². The Morgan fingerprint density at radius 2 is 0.940 bits per heavy atom. The fourth-order valence-corrected chi connectivity index (χ4v) is 6.17. The molecule has 0 radical (unpaired) electrons. The predicted octanol–water partition coefficient (Wildman–Crippen LogP) is -4.52. The molecule has 2 amide bonds. The van der Waals surface area contributed by atoms with Crippen molar-refractivity contribution >= 4 is 45.8 Å². The van der Waals surface area contributed by atoms with Crippen molar-refractivity contribution in [3.05, 3.63) is 25.3 Å². The topological polar surface area (TPSA) is 309 Å². The van der Waals surface area contributed by atoms with Gasteiger partial charge in [-0.1, -0.05) is 0 Å². The highest BCUT2D eigenvalue weighted by Gasteiger charge is 2.49. The third-order valence-electron chi connectivity index (χ3n) is 8.85. The molecule has 2 saturated heterocycles. The zero-order valence-corrected chi connectivity index (χ0v) is 26.2. The molecule has 4 aromatic rings. The van der Waals surface area contributed by atoms with Gasteiger partial charge in [0.25, 0.3) is 11.8 Å². The molecule has 2 fully saturated rings. The van der Waals surface area contributed by atoms with Gasteiger partial charge in [-0.2, -0.15) is 0 Å². The van der Waals surface area contributed by atoms with Crippen LogP contribution in [-0.4, -0.2) is 157 Å². The number of imidazole rings is 2. The monoisotopic (exact) mass is 700 g/mol. The van der Waals surface area contributed by atoms with Crippen molar-refractivity contribution in [2.24, 2.45) is 0 Å². The zero-order valence-electron chi connectivity index (χ0n) is 26.2. The van der Waals surface area contributed by atoms with Crippen LogP contribution < -0.4 is 21.3 Å². The summed E-state index contributed by atoms with van der Waals surface area (Å²) in [7, 11) is 0. The van der Waals surface area contributed by atoms with E-state index in [0.29, 0.717) is 42.2 Å². The summed E-state index contributed by atoms with van der Waals surface area (Å²) in [5.41, 5.74) is 1.13. The molecule has 0 aliphatic carbocycles. The number of carbonyl (C=O) groups is 2. The number of hydrogen-bond donors (Lipinski definition) is 10. The molecule has 22 heteroatoms. The standard InChI is InChI=1S/C28H36N12O10/c41-13-15(43)19-25(47)31-5-2-6-32-26(48)20-16(44)14(42)18(46)28(50-20)40-10-38-12-22(34-8-36-24(12)40)30-4-1-3-29-21-11-23(35-7-33-21)39(9-37-11)27(49-19)17(13)45/h7-10,13-20,27-28,41-46H,1-6H2,(H,31,47)(H,32,48)(H,29,33,35)(H,30,34,36)/t13-,14-,15-,16-,17+,18+,19-,20-,27+,28+/m0/s1. The lowest BCUT2D eigenvalue weighted by atomic mass is 9.97. The van der Waals surface area contributed by atoms with E-state index in [1.54, 1.807) is 0 Å². The number of aliphatic hydroxyl groups excluding tert-OH is 6. The summed E-state index contributed by atoms with van der Waals surface area (Å²) in [4.78, 5) is 51.9. The number of anilines is 2. The van der Waals surface area contributed by atoms with Crippen LogP contribution in [0.15, 0.2) is 25.3 Å². The Hall–Kier alpha value is -4.68. The first-order chi connectivity index (χ1) is 24.2. The van der Waals surface area contributed by atoms with Gasteiger partial charge in [-0.25, -0.2) is 29.9 Å². The summed E-state index contributed by atoms with van der Waals surface area (Å²) in [5.74, 6) is -0.826. The Kier molecular flexibility index (Phi) is 9.40. The van der Waals surface area contributed by atoms with Crippen molar-refractivity contribution in [1.82, 2.24) is 49.7 Å². The number of fused-ring (bicyclic) bond motifs is 6. The fourth-order valence-electron chi connectivity index (χ4n) is 6.17. The second-order valence-corrected chi connectivity index (χ2v) is 12.1. The first-order valence-corrected chi connectivity index (χ1v) is 15.9. The first kappa shape index (κ1) is 33.8. The maximum atomic E-state index is 13.1. The molecular formula is C28H36N12O10. The molecule has 22 nitrogen and oxygen atoms in total. The molecule has 0 unspecified atom stereocenters. The number of amides is 2. The third-order valence-corrected chi connectivity index (χ3v) is 8.85. The molecule has 7 rings (SSSR count). The number of aliphatic hydroxyl groups is 6. The van der Waals surface area contributed by atoms with Crippen LogP contribution in [0, 0.1) is 0 Å². The lowest BCUT2D eigenvalue weighted by Gasteiger charge is -2.40. The number of ether oxygens (including phenoxy) is 2. The summed E-state index contributed by atoms with van der Waals surface area (Å²) in [6.45, 7) is 0.799. The van der Waals surface area contributed by atoms with Crippen molar-refractivity contribution in [2.45, 2.75) is 74.1 Å². The average molecular weight is 701 g/mol. The van der Waals surface area contributed by atoms with E-state index in [2.05, 4.69) is 51.2 Å². The maximum Gasteiger partial charge on any atom is 0.252 e. The van der Waals surface area contributed by atoms with E-state index < -0.39 is 73.1 Å². The molecule has 0 aromatic carbocycles. The van der Waals surface area contributed by atoms with Crippen molar-refractivity contribution in [2.75, 3.05) is 36.8 Å². The molecule has 12 bridgehead atoms. The van der Waals surface area contributed by atoms with Crippen LogP contribution in [0.25, 0.3) is 22.3 Å². The minimum Gasteiger partial charge on any atom is -0.387 e. The third kappa shape index (κ3) is 6.04. The molecule has 50 heavy (non-hydrogen) atoms. The molecule has 3 aliphatic heterocycles. The van der Waals surface area contributed by atoms with Gasteiger partial charge in [0.1, 0.15) is 49.3 Å². The molecule has 0 spiro atoms. The second-order valence-electron chi connectivity index (χ2n) is 12.1. The molecular weight excluding hydrogens is 664 g/mol. The fraction of sp³-hybridized carbons (Fsp3) is 0.571. The first-order valence-electron chi connectivity index (χ1n) is 15.9. The number of hydrogen-bond acceptors (Lipinski definition) is 18. The number of nitrogens with one attached hydrogen (secondary N) is 4. The SMILES string of the molecule is O=C1NCCCNC(=O)[C@H]2O[C@H]([C@H](O)[C@@H](O)[C@@H]2O)n2cnc3c(ncnc32)NCCCNc2ncnc3c2ncn3[C@@H]2O[C@H]1[C@@H](O)[C@H](O)[C@H]2O. The molecule has 10 atom stereocenters. The molecule has 4 aromatic heterocycles. The Morgan fingerprint density at radius 1 is 0.540 bits per heavy atom. The second kappa shape index (κ2) is 13.9. The summed E-state index contributed by atoms with van der Waals surface area (Å²) >= 11 is 0. The van der Waals surface area contributed by atoms with Crippen LogP contribution in [-0.2, 0) is 19.1 Å². The molecule has 0 saturated carbocycles. The highest BCUT2D eigenvalue weighted by molar-refractivity contribution is 5.84. The van der Waals surface area contributed by atoms with Crippen LogP contribution >= 0.6 is 0 Å². The predicted molar refractivity (Wildman–Crippen MR) is 167 cm³/mol. The molecule has 10 N–H and O–H groups in total. The van der Waals surface area contributed by atoms with Crippen molar-refractivity contribution in [3.8, 4) is 0 Å². The van der Waals surface area contributed by atoms with Crippen molar-refractivity contribution in [3.63, 3.8) is 0 Å². The van der Waals surface area contributed by atoms with Crippen LogP contribution in [0.4, 0.5) is 11.6 Å². The lowest BCUT2D eigenvalue weighted by Crippen LogP contribution is -2.60. The van der Waals surface area contributed by atoms with Crippen LogP contribution in [0.5, 0.6) is 0 Å². The largest absolute Gasteiger partial charge is 0.387 e. The maximum absolute atomic E-state index is 13.1. The number of nitrogens with zero attached hydrogens (tertiary/aromatic N) is 8. The van der Waals surface area contributed by atoms with E-state index in [4.69, 9.17) is 9.47 Å².